The number of carboxylic acid groups (broad SMARTS) is 1. The number of carboxylic acids is 1. The van der Waals surface area contributed by atoms with E-state index in [2.05, 4.69) is 30.9 Å². The monoisotopic (exact) mass is 378 g/mol. The second kappa shape index (κ2) is 7.69. The first-order valence-electron chi connectivity index (χ1n) is 9.58. The van der Waals surface area contributed by atoms with Crippen LogP contribution >= 0.6 is 11.3 Å². The summed E-state index contributed by atoms with van der Waals surface area (Å²) in [6.07, 6.45) is 3.70. The first-order valence-corrected chi connectivity index (χ1v) is 10.4. The van der Waals surface area contributed by atoms with Crippen LogP contribution in [0.2, 0.25) is 0 Å². The highest BCUT2D eigenvalue weighted by atomic mass is 32.1. The highest BCUT2D eigenvalue weighted by molar-refractivity contribution is 7.11. The van der Waals surface area contributed by atoms with Gasteiger partial charge in [-0.3, -0.25) is 9.69 Å². The molecule has 0 aliphatic carbocycles. The molecule has 1 aromatic heterocycles. The van der Waals surface area contributed by atoms with Gasteiger partial charge in [-0.1, -0.05) is 13.8 Å². The summed E-state index contributed by atoms with van der Waals surface area (Å²) in [6, 6.07) is 3.86. The van der Waals surface area contributed by atoms with Crippen molar-refractivity contribution in [3.05, 3.63) is 21.9 Å². The Balaban J connectivity index is 1.56. The number of carbonyl (C=O) groups excluding carboxylic acids is 1. The number of rotatable bonds is 5. The maximum Gasteiger partial charge on any atom is 0.326 e. The molecule has 0 unspecified atom stereocenters. The predicted molar refractivity (Wildman–Crippen MR) is 103 cm³/mol. The van der Waals surface area contributed by atoms with E-state index >= 15 is 0 Å². The lowest BCUT2D eigenvalue weighted by atomic mass is 9.76. The van der Waals surface area contributed by atoms with Crippen LogP contribution in [0.4, 0.5) is 0 Å². The van der Waals surface area contributed by atoms with Crippen LogP contribution in [-0.4, -0.2) is 52.5 Å². The molecule has 3 heterocycles. The molecule has 1 amide bonds. The van der Waals surface area contributed by atoms with Crippen LogP contribution in [0.15, 0.2) is 12.1 Å². The summed E-state index contributed by atoms with van der Waals surface area (Å²) < 4.78 is 0. The first-order chi connectivity index (χ1) is 12.3. The Labute approximate surface area is 160 Å². The van der Waals surface area contributed by atoms with Gasteiger partial charge in [-0.05, 0) is 62.2 Å². The van der Waals surface area contributed by atoms with Gasteiger partial charge in [0.05, 0.1) is 0 Å². The largest absolute Gasteiger partial charge is 0.480 e. The standard InChI is InChI=1S/C20H30N2O3S/c1-14(2)10-16-4-5-17(26-16)12-21-8-6-20(7-9-21)11-18(19(24)25)22(13-20)15(3)23/h4-5,14,18H,6-13H2,1-3H3,(H,24,25)/t18-/m1/s1. The molecule has 0 bridgehead atoms. The smallest absolute Gasteiger partial charge is 0.326 e. The second-order valence-corrected chi connectivity index (χ2v) is 9.70. The van der Waals surface area contributed by atoms with Gasteiger partial charge in [-0.15, -0.1) is 11.3 Å². The van der Waals surface area contributed by atoms with Crippen LogP contribution in [-0.2, 0) is 22.6 Å². The molecule has 1 aromatic rings. The van der Waals surface area contributed by atoms with E-state index in [9.17, 15) is 14.7 Å². The van der Waals surface area contributed by atoms with Gasteiger partial charge in [0.1, 0.15) is 6.04 Å². The van der Waals surface area contributed by atoms with Crippen LogP contribution in [0, 0.1) is 11.3 Å². The third-order valence-electron chi connectivity index (χ3n) is 5.82. The average Bonchev–Trinajstić information content (AvgIpc) is 3.14. The maximum atomic E-state index is 11.8. The number of amides is 1. The molecule has 6 heteroatoms. The Hall–Kier alpha value is -1.40. The summed E-state index contributed by atoms with van der Waals surface area (Å²) in [6.45, 7) is 9.53. The number of hydrogen-bond donors (Lipinski definition) is 1. The Bertz CT molecular complexity index is 638. The van der Waals surface area contributed by atoms with E-state index in [0.29, 0.717) is 18.9 Å². The Kier molecular flexibility index (Phi) is 5.72. The number of nitrogens with zero attached hydrogens (tertiary/aromatic N) is 2. The van der Waals surface area contributed by atoms with Gasteiger partial charge in [0.2, 0.25) is 5.91 Å². The van der Waals surface area contributed by atoms with Crippen molar-refractivity contribution in [1.82, 2.24) is 9.80 Å². The third-order valence-corrected chi connectivity index (χ3v) is 6.91. The van der Waals surface area contributed by atoms with Crippen molar-refractivity contribution >= 4 is 23.2 Å². The number of piperidine rings is 1. The van der Waals surface area contributed by atoms with Crippen molar-refractivity contribution in [2.45, 2.75) is 59.0 Å². The Morgan fingerprint density at radius 3 is 2.46 bits per heavy atom. The molecule has 0 radical (unpaired) electrons. The van der Waals surface area contributed by atoms with Gasteiger partial charge in [-0.25, -0.2) is 4.79 Å². The van der Waals surface area contributed by atoms with Gasteiger partial charge in [0.25, 0.3) is 0 Å². The third kappa shape index (κ3) is 4.29. The van der Waals surface area contributed by atoms with Crippen LogP contribution in [0.25, 0.3) is 0 Å². The molecule has 1 spiro atoms. The minimum absolute atomic E-state index is 0.0104. The lowest BCUT2D eigenvalue weighted by Gasteiger charge is -2.39. The van der Waals surface area contributed by atoms with Crippen molar-refractivity contribution in [3.8, 4) is 0 Å². The molecule has 144 valence electrons. The Morgan fingerprint density at radius 2 is 1.92 bits per heavy atom. The number of thiophene rings is 1. The van der Waals surface area contributed by atoms with E-state index in [1.165, 1.54) is 16.7 Å². The summed E-state index contributed by atoms with van der Waals surface area (Å²) in [5.74, 6) is -0.297. The minimum Gasteiger partial charge on any atom is -0.480 e. The number of hydrogen-bond acceptors (Lipinski definition) is 4. The minimum atomic E-state index is -0.865. The molecule has 2 aliphatic heterocycles. The molecule has 0 aromatic carbocycles. The van der Waals surface area contributed by atoms with Crippen molar-refractivity contribution in [3.63, 3.8) is 0 Å². The summed E-state index contributed by atoms with van der Waals surface area (Å²) in [5.41, 5.74) is -0.0104. The van der Waals surface area contributed by atoms with Crippen molar-refractivity contribution in [2.24, 2.45) is 11.3 Å². The summed E-state index contributed by atoms with van der Waals surface area (Å²) in [4.78, 5) is 30.3. The zero-order valence-corrected chi connectivity index (χ0v) is 16.8. The molecule has 1 N–H and O–H groups in total. The lowest BCUT2D eigenvalue weighted by molar-refractivity contribution is -0.147. The zero-order chi connectivity index (χ0) is 18.9. The van der Waals surface area contributed by atoms with Gasteiger partial charge in [0, 0.05) is 29.8 Å². The van der Waals surface area contributed by atoms with Crippen LogP contribution in [0.1, 0.15) is 49.8 Å². The maximum absolute atomic E-state index is 11.8. The van der Waals surface area contributed by atoms with Crippen molar-refractivity contribution in [1.29, 1.82) is 0 Å². The second-order valence-electron chi connectivity index (χ2n) is 8.45. The highest BCUT2D eigenvalue weighted by Gasteiger charge is 2.49. The summed E-state index contributed by atoms with van der Waals surface area (Å²) in [7, 11) is 0. The molecular formula is C20H30N2O3S. The quantitative estimate of drug-likeness (QED) is 0.854. The SMILES string of the molecule is CC(=O)N1CC2(CCN(Cc3ccc(CC(C)C)s3)CC2)C[C@@H]1C(=O)O. The first kappa shape index (κ1) is 19.4. The predicted octanol–water partition coefficient (Wildman–Crippen LogP) is 3.23. The van der Waals surface area contributed by atoms with E-state index < -0.39 is 12.0 Å². The van der Waals surface area contributed by atoms with Crippen molar-refractivity contribution in [2.75, 3.05) is 19.6 Å². The van der Waals surface area contributed by atoms with E-state index in [4.69, 9.17) is 0 Å². The molecular weight excluding hydrogens is 348 g/mol. The molecule has 5 nitrogen and oxygen atoms in total. The molecule has 26 heavy (non-hydrogen) atoms. The fourth-order valence-electron chi connectivity index (χ4n) is 4.40. The molecule has 1 atom stereocenters. The Morgan fingerprint density at radius 1 is 1.27 bits per heavy atom. The number of likely N-dealkylation sites (tertiary alicyclic amines) is 2. The summed E-state index contributed by atoms with van der Waals surface area (Å²) in [5, 5.41) is 9.46. The lowest BCUT2D eigenvalue weighted by Crippen LogP contribution is -2.42. The molecule has 2 fully saturated rings. The zero-order valence-electron chi connectivity index (χ0n) is 16.0. The molecule has 2 saturated heterocycles. The van der Waals surface area contributed by atoms with Gasteiger partial charge < -0.3 is 10.0 Å². The van der Waals surface area contributed by atoms with Gasteiger partial charge in [-0.2, -0.15) is 0 Å². The molecule has 0 saturated carbocycles. The molecule has 2 aliphatic rings. The van der Waals surface area contributed by atoms with Crippen LogP contribution in [0.3, 0.4) is 0 Å². The van der Waals surface area contributed by atoms with E-state index in [-0.39, 0.29) is 11.3 Å². The normalized spacial score (nSPS) is 23.1. The fourth-order valence-corrected chi connectivity index (χ4v) is 5.67. The summed E-state index contributed by atoms with van der Waals surface area (Å²) >= 11 is 1.91. The van der Waals surface area contributed by atoms with E-state index in [0.717, 1.165) is 38.9 Å². The van der Waals surface area contributed by atoms with E-state index in [1.54, 1.807) is 4.90 Å². The number of carbonyl (C=O) groups is 2. The number of aliphatic carboxylic acids is 1. The topological polar surface area (TPSA) is 60.9 Å². The highest BCUT2D eigenvalue weighted by Crippen LogP contribution is 2.43. The van der Waals surface area contributed by atoms with Crippen molar-refractivity contribution < 1.29 is 14.7 Å². The van der Waals surface area contributed by atoms with Gasteiger partial charge >= 0.3 is 5.97 Å². The van der Waals surface area contributed by atoms with Crippen LogP contribution in [0.5, 0.6) is 0 Å². The van der Waals surface area contributed by atoms with Crippen LogP contribution < -0.4 is 0 Å². The van der Waals surface area contributed by atoms with E-state index in [1.807, 2.05) is 11.3 Å². The van der Waals surface area contributed by atoms with Gasteiger partial charge in [0.15, 0.2) is 0 Å². The average molecular weight is 379 g/mol. The molecule has 3 rings (SSSR count). The fraction of sp³-hybridized carbons (Fsp3) is 0.700.